The molecule has 30 heavy (non-hydrogen) atoms. The molecule has 1 N–H and O–H groups in total. The minimum Gasteiger partial charge on any atom is -0.377 e. The van der Waals surface area contributed by atoms with Crippen molar-refractivity contribution in [2.24, 2.45) is 0 Å². The lowest BCUT2D eigenvalue weighted by Crippen LogP contribution is -2.44. The van der Waals surface area contributed by atoms with Crippen LogP contribution in [-0.2, 0) is 9.53 Å². The SMILES string of the molecule is CC(=O)N1CCC(c2cc(N3CCOC[C@H]3C)nc(-c3ccnc4[nH]ccc34)n2)C1. The number of likely N-dealkylation sites (tertiary alicyclic amines) is 1. The van der Waals surface area contributed by atoms with Gasteiger partial charge in [0.15, 0.2) is 5.82 Å². The number of nitrogens with zero attached hydrogens (tertiary/aromatic N) is 5. The van der Waals surface area contributed by atoms with E-state index in [4.69, 9.17) is 14.7 Å². The second-order valence-corrected chi connectivity index (χ2v) is 8.14. The molecule has 2 saturated heterocycles. The molecule has 0 saturated carbocycles. The number of H-pyrrole nitrogens is 1. The van der Waals surface area contributed by atoms with Crippen molar-refractivity contribution in [1.29, 1.82) is 0 Å². The van der Waals surface area contributed by atoms with Gasteiger partial charge >= 0.3 is 0 Å². The zero-order valence-corrected chi connectivity index (χ0v) is 17.3. The van der Waals surface area contributed by atoms with E-state index in [1.807, 2.05) is 23.2 Å². The maximum Gasteiger partial charge on any atom is 0.219 e. The van der Waals surface area contributed by atoms with E-state index < -0.39 is 0 Å². The average molecular weight is 406 g/mol. The smallest absolute Gasteiger partial charge is 0.219 e. The van der Waals surface area contributed by atoms with Crippen LogP contribution >= 0.6 is 0 Å². The molecular weight excluding hydrogens is 380 g/mol. The molecule has 2 fully saturated rings. The van der Waals surface area contributed by atoms with Crippen molar-refractivity contribution in [3.8, 4) is 11.4 Å². The van der Waals surface area contributed by atoms with Crippen LogP contribution < -0.4 is 4.90 Å². The lowest BCUT2D eigenvalue weighted by atomic mass is 10.0. The minimum absolute atomic E-state index is 0.122. The minimum atomic E-state index is 0.122. The standard InChI is InChI=1S/C22H26N6O2/c1-14-13-30-10-9-28(14)20-11-19(16-5-8-27(12-16)15(2)29)25-22(26-20)18-4-7-24-21-17(18)3-6-23-21/h3-4,6-7,11,14,16H,5,8-10,12-13H2,1-2H3,(H,23,24)/t14-,16?/m1/s1. The Bertz CT molecular complexity index is 1080. The molecule has 156 valence electrons. The van der Waals surface area contributed by atoms with Gasteiger partial charge in [0.1, 0.15) is 11.5 Å². The van der Waals surface area contributed by atoms with Gasteiger partial charge in [-0.15, -0.1) is 0 Å². The third-order valence-electron chi connectivity index (χ3n) is 6.15. The van der Waals surface area contributed by atoms with Crippen LogP contribution in [-0.4, -0.2) is 69.6 Å². The topological polar surface area (TPSA) is 87.2 Å². The molecule has 0 radical (unpaired) electrons. The Hall–Kier alpha value is -3.00. The first-order valence-corrected chi connectivity index (χ1v) is 10.5. The number of rotatable bonds is 3. The van der Waals surface area contributed by atoms with E-state index in [-0.39, 0.29) is 17.9 Å². The number of morpholine rings is 1. The second-order valence-electron chi connectivity index (χ2n) is 8.14. The summed E-state index contributed by atoms with van der Waals surface area (Å²) in [4.78, 5) is 33.6. The van der Waals surface area contributed by atoms with E-state index in [0.29, 0.717) is 25.6 Å². The van der Waals surface area contributed by atoms with Crippen molar-refractivity contribution in [2.75, 3.05) is 37.7 Å². The van der Waals surface area contributed by atoms with Crippen molar-refractivity contribution in [3.05, 3.63) is 36.3 Å². The molecular formula is C22H26N6O2. The van der Waals surface area contributed by atoms with Crippen LogP contribution in [0.3, 0.4) is 0 Å². The molecule has 5 rings (SSSR count). The number of hydrogen-bond donors (Lipinski definition) is 1. The third kappa shape index (κ3) is 3.41. The lowest BCUT2D eigenvalue weighted by Gasteiger charge is -2.34. The maximum absolute atomic E-state index is 11.8. The van der Waals surface area contributed by atoms with Gasteiger partial charge in [0.05, 0.1) is 24.9 Å². The number of fused-ring (bicyclic) bond motifs is 1. The first-order valence-electron chi connectivity index (χ1n) is 10.5. The summed E-state index contributed by atoms with van der Waals surface area (Å²) in [5.74, 6) is 1.97. The number of amides is 1. The normalized spacial score (nSPS) is 22.1. The number of anilines is 1. The molecule has 0 spiro atoms. The van der Waals surface area contributed by atoms with E-state index in [2.05, 4.69) is 27.9 Å². The number of carbonyl (C=O) groups excluding carboxylic acids is 1. The number of nitrogens with one attached hydrogen (secondary N) is 1. The monoisotopic (exact) mass is 406 g/mol. The first-order chi connectivity index (χ1) is 14.6. The number of pyridine rings is 1. The highest BCUT2D eigenvalue weighted by Gasteiger charge is 2.29. The molecule has 2 aliphatic rings. The van der Waals surface area contributed by atoms with E-state index >= 15 is 0 Å². The van der Waals surface area contributed by atoms with Crippen molar-refractivity contribution < 1.29 is 9.53 Å². The maximum atomic E-state index is 11.8. The molecule has 5 heterocycles. The fourth-order valence-corrected chi connectivity index (χ4v) is 4.44. The van der Waals surface area contributed by atoms with Crippen molar-refractivity contribution in [1.82, 2.24) is 24.8 Å². The Morgan fingerprint density at radius 1 is 1.27 bits per heavy atom. The molecule has 1 unspecified atom stereocenters. The highest BCUT2D eigenvalue weighted by atomic mass is 16.5. The Balaban J connectivity index is 1.60. The Morgan fingerprint density at radius 2 is 2.17 bits per heavy atom. The quantitative estimate of drug-likeness (QED) is 0.719. The molecule has 0 aliphatic carbocycles. The molecule has 0 bridgehead atoms. The number of aromatic nitrogens is 4. The predicted octanol–water partition coefficient (Wildman–Crippen LogP) is 2.58. The first kappa shape index (κ1) is 19.0. The summed E-state index contributed by atoms with van der Waals surface area (Å²) in [6, 6.07) is 6.34. The number of ether oxygens (including phenoxy) is 1. The lowest BCUT2D eigenvalue weighted by molar-refractivity contribution is -0.127. The molecule has 1 amide bonds. The molecule has 2 aliphatic heterocycles. The number of aromatic amines is 1. The van der Waals surface area contributed by atoms with E-state index in [0.717, 1.165) is 47.6 Å². The zero-order chi connectivity index (χ0) is 20.7. The van der Waals surface area contributed by atoms with E-state index in [9.17, 15) is 4.79 Å². The van der Waals surface area contributed by atoms with Gasteiger partial charge in [-0.1, -0.05) is 0 Å². The zero-order valence-electron chi connectivity index (χ0n) is 17.3. The van der Waals surface area contributed by atoms with Gasteiger partial charge in [-0.25, -0.2) is 15.0 Å². The highest BCUT2D eigenvalue weighted by Crippen LogP contribution is 2.32. The average Bonchev–Trinajstić information content (AvgIpc) is 3.43. The Kier molecular flexibility index (Phi) is 4.86. The van der Waals surface area contributed by atoms with Crippen LogP contribution in [0.4, 0.5) is 5.82 Å². The highest BCUT2D eigenvalue weighted by molar-refractivity contribution is 5.91. The summed E-state index contributed by atoms with van der Waals surface area (Å²) in [7, 11) is 0. The number of carbonyl (C=O) groups is 1. The summed E-state index contributed by atoms with van der Waals surface area (Å²) in [6.45, 7) is 7.46. The van der Waals surface area contributed by atoms with Crippen LogP contribution in [0.2, 0.25) is 0 Å². The van der Waals surface area contributed by atoms with Crippen LogP contribution in [0.5, 0.6) is 0 Å². The van der Waals surface area contributed by atoms with E-state index in [1.54, 1.807) is 13.1 Å². The van der Waals surface area contributed by atoms with Crippen molar-refractivity contribution >= 4 is 22.8 Å². The molecule has 8 nitrogen and oxygen atoms in total. The van der Waals surface area contributed by atoms with Crippen molar-refractivity contribution in [2.45, 2.75) is 32.2 Å². The van der Waals surface area contributed by atoms with Crippen LogP contribution in [0.1, 0.15) is 31.9 Å². The molecule has 8 heteroatoms. The van der Waals surface area contributed by atoms with Gasteiger partial charge in [0.25, 0.3) is 0 Å². The van der Waals surface area contributed by atoms with Crippen molar-refractivity contribution in [3.63, 3.8) is 0 Å². The molecule has 3 aromatic heterocycles. The Labute approximate surface area is 175 Å². The molecule has 3 aromatic rings. The van der Waals surface area contributed by atoms with Gasteiger partial charge in [-0.05, 0) is 25.5 Å². The van der Waals surface area contributed by atoms with Crippen LogP contribution in [0.15, 0.2) is 30.6 Å². The van der Waals surface area contributed by atoms with E-state index in [1.165, 1.54) is 0 Å². The van der Waals surface area contributed by atoms with Gasteiger partial charge < -0.3 is 19.5 Å². The summed E-state index contributed by atoms with van der Waals surface area (Å²) in [6.07, 6.45) is 4.59. The predicted molar refractivity (Wildman–Crippen MR) is 114 cm³/mol. The second kappa shape index (κ2) is 7.68. The summed E-state index contributed by atoms with van der Waals surface area (Å²) < 4.78 is 5.62. The van der Waals surface area contributed by atoms with Gasteiger partial charge in [0, 0.05) is 61.9 Å². The molecule has 2 atom stereocenters. The fourth-order valence-electron chi connectivity index (χ4n) is 4.44. The summed E-state index contributed by atoms with van der Waals surface area (Å²) in [5, 5.41) is 1.01. The van der Waals surface area contributed by atoms with Crippen LogP contribution in [0.25, 0.3) is 22.4 Å². The summed E-state index contributed by atoms with van der Waals surface area (Å²) >= 11 is 0. The summed E-state index contributed by atoms with van der Waals surface area (Å²) in [5.41, 5.74) is 2.79. The van der Waals surface area contributed by atoms with Gasteiger partial charge in [-0.3, -0.25) is 4.79 Å². The Morgan fingerprint density at radius 3 is 2.97 bits per heavy atom. The van der Waals surface area contributed by atoms with Crippen LogP contribution in [0, 0.1) is 0 Å². The van der Waals surface area contributed by atoms with Gasteiger partial charge in [0.2, 0.25) is 5.91 Å². The molecule has 0 aromatic carbocycles. The fraction of sp³-hybridized carbons (Fsp3) is 0.455. The number of hydrogen-bond acceptors (Lipinski definition) is 6. The van der Waals surface area contributed by atoms with Gasteiger partial charge in [-0.2, -0.15) is 0 Å². The largest absolute Gasteiger partial charge is 0.377 e. The third-order valence-corrected chi connectivity index (χ3v) is 6.15.